The monoisotopic (exact) mass is 340 g/mol. The zero-order valence-corrected chi connectivity index (χ0v) is 11.8. The molecule has 4 heteroatoms. The van der Waals surface area contributed by atoms with E-state index in [1.165, 1.54) is 5.56 Å². The zero-order chi connectivity index (χ0) is 11.5. The number of hydrogen-bond acceptors (Lipinski definition) is 2. The largest absolute Gasteiger partial charge is 0.339 e. The van der Waals surface area contributed by atoms with Crippen LogP contribution in [0.15, 0.2) is 45.5 Å². The SMILES string of the molecule is Cc1ccnc(Nc2cc(Br)ccc2Br)c1. The number of halogens is 2. The molecule has 0 radical (unpaired) electrons. The minimum Gasteiger partial charge on any atom is -0.339 e. The molecule has 0 aliphatic heterocycles. The Morgan fingerprint density at radius 2 is 1.94 bits per heavy atom. The van der Waals surface area contributed by atoms with Crippen LogP contribution in [0.3, 0.4) is 0 Å². The Kier molecular flexibility index (Phi) is 3.61. The summed E-state index contributed by atoms with van der Waals surface area (Å²) in [5, 5.41) is 3.27. The standard InChI is InChI=1S/C12H10Br2N2/c1-8-4-5-15-12(6-8)16-11-7-9(13)2-3-10(11)14/h2-7H,1H3,(H,15,16). The third kappa shape index (κ3) is 2.83. The van der Waals surface area contributed by atoms with Crippen molar-refractivity contribution in [3.8, 4) is 0 Å². The number of nitrogens with one attached hydrogen (secondary N) is 1. The van der Waals surface area contributed by atoms with Crippen LogP contribution >= 0.6 is 31.9 Å². The lowest BCUT2D eigenvalue weighted by atomic mass is 10.3. The van der Waals surface area contributed by atoms with Gasteiger partial charge in [0.15, 0.2) is 0 Å². The minimum absolute atomic E-state index is 0.846. The number of benzene rings is 1. The normalized spacial score (nSPS) is 10.2. The molecule has 0 amide bonds. The van der Waals surface area contributed by atoms with E-state index in [0.717, 1.165) is 20.5 Å². The predicted molar refractivity (Wildman–Crippen MR) is 74.1 cm³/mol. The summed E-state index contributed by atoms with van der Waals surface area (Å²) in [5.41, 5.74) is 2.18. The topological polar surface area (TPSA) is 24.9 Å². The molecule has 2 rings (SSSR count). The van der Waals surface area contributed by atoms with Crippen LogP contribution in [0.1, 0.15) is 5.56 Å². The van der Waals surface area contributed by atoms with Crippen LogP contribution in [0.2, 0.25) is 0 Å². The number of pyridine rings is 1. The summed E-state index contributed by atoms with van der Waals surface area (Å²) in [6.07, 6.45) is 1.80. The molecule has 2 aromatic rings. The second kappa shape index (κ2) is 4.97. The van der Waals surface area contributed by atoms with Crippen molar-refractivity contribution in [3.63, 3.8) is 0 Å². The van der Waals surface area contributed by atoms with Crippen LogP contribution in [0, 0.1) is 6.92 Å². The van der Waals surface area contributed by atoms with Crippen LogP contribution in [0.5, 0.6) is 0 Å². The molecule has 0 atom stereocenters. The van der Waals surface area contributed by atoms with Gasteiger partial charge in [0.2, 0.25) is 0 Å². The fourth-order valence-electron chi connectivity index (χ4n) is 1.34. The van der Waals surface area contributed by atoms with Gasteiger partial charge >= 0.3 is 0 Å². The first-order chi connectivity index (χ1) is 7.65. The molecule has 1 aromatic heterocycles. The van der Waals surface area contributed by atoms with Gasteiger partial charge in [-0.25, -0.2) is 4.98 Å². The van der Waals surface area contributed by atoms with Crippen LogP contribution in [-0.2, 0) is 0 Å². The van der Waals surface area contributed by atoms with Gasteiger partial charge in [-0.2, -0.15) is 0 Å². The highest BCUT2D eigenvalue weighted by Crippen LogP contribution is 2.28. The van der Waals surface area contributed by atoms with E-state index in [9.17, 15) is 0 Å². The smallest absolute Gasteiger partial charge is 0.130 e. The molecular formula is C12H10Br2N2. The molecule has 0 saturated heterocycles. The Bertz CT molecular complexity index is 512. The number of aromatic nitrogens is 1. The number of rotatable bonds is 2. The molecule has 2 nitrogen and oxygen atoms in total. The first kappa shape index (κ1) is 11.6. The maximum absolute atomic E-state index is 4.26. The highest BCUT2D eigenvalue weighted by molar-refractivity contribution is 9.11. The van der Waals surface area contributed by atoms with Gasteiger partial charge in [0, 0.05) is 15.1 Å². The second-order valence-corrected chi connectivity index (χ2v) is 5.24. The van der Waals surface area contributed by atoms with Gasteiger partial charge in [0.1, 0.15) is 5.82 Å². The molecule has 0 unspecified atom stereocenters. The van der Waals surface area contributed by atoms with E-state index < -0.39 is 0 Å². The fraction of sp³-hybridized carbons (Fsp3) is 0.0833. The molecule has 0 spiro atoms. The van der Waals surface area contributed by atoms with Crippen LogP contribution in [0.25, 0.3) is 0 Å². The highest BCUT2D eigenvalue weighted by Gasteiger charge is 2.01. The number of nitrogens with zero attached hydrogens (tertiary/aromatic N) is 1. The lowest BCUT2D eigenvalue weighted by molar-refractivity contribution is 1.27. The van der Waals surface area contributed by atoms with Crippen LogP contribution < -0.4 is 5.32 Å². The summed E-state index contributed by atoms with van der Waals surface area (Å²) >= 11 is 6.94. The second-order valence-electron chi connectivity index (χ2n) is 3.47. The minimum atomic E-state index is 0.846. The first-order valence-electron chi connectivity index (χ1n) is 4.80. The third-order valence-corrected chi connectivity index (χ3v) is 3.29. The Hall–Kier alpha value is -0.870. The Balaban J connectivity index is 2.30. The summed E-state index contributed by atoms with van der Waals surface area (Å²) in [5.74, 6) is 0.846. The van der Waals surface area contributed by atoms with Gasteiger partial charge in [-0.3, -0.25) is 0 Å². The van der Waals surface area contributed by atoms with Gasteiger partial charge in [-0.1, -0.05) is 15.9 Å². The van der Waals surface area contributed by atoms with E-state index in [1.54, 1.807) is 6.20 Å². The van der Waals surface area contributed by atoms with Crippen molar-refractivity contribution >= 4 is 43.4 Å². The molecule has 0 aliphatic rings. The Labute approximate surface area is 111 Å². The van der Waals surface area contributed by atoms with E-state index >= 15 is 0 Å². The van der Waals surface area contributed by atoms with Crippen LogP contribution in [-0.4, -0.2) is 4.98 Å². The van der Waals surface area contributed by atoms with Gasteiger partial charge in [-0.15, -0.1) is 0 Å². The van der Waals surface area contributed by atoms with E-state index in [1.807, 2.05) is 37.3 Å². The number of aryl methyl sites for hydroxylation is 1. The summed E-state index contributed by atoms with van der Waals surface area (Å²) in [7, 11) is 0. The summed E-state index contributed by atoms with van der Waals surface area (Å²) in [6, 6.07) is 9.96. The molecule has 0 fully saturated rings. The molecule has 0 bridgehead atoms. The average molecular weight is 342 g/mol. The van der Waals surface area contributed by atoms with Gasteiger partial charge < -0.3 is 5.32 Å². The zero-order valence-electron chi connectivity index (χ0n) is 8.67. The van der Waals surface area contributed by atoms with Gasteiger partial charge in [-0.05, 0) is 58.7 Å². The van der Waals surface area contributed by atoms with Crippen molar-refractivity contribution in [1.82, 2.24) is 4.98 Å². The van der Waals surface area contributed by atoms with E-state index in [-0.39, 0.29) is 0 Å². The van der Waals surface area contributed by atoms with Crippen molar-refractivity contribution in [2.24, 2.45) is 0 Å². The summed E-state index contributed by atoms with van der Waals surface area (Å²) in [6.45, 7) is 2.04. The van der Waals surface area contributed by atoms with Crippen molar-refractivity contribution in [2.45, 2.75) is 6.92 Å². The molecule has 1 aromatic carbocycles. The number of anilines is 2. The molecule has 1 N–H and O–H groups in total. The van der Waals surface area contributed by atoms with Crippen molar-refractivity contribution in [2.75, 3.05) is 5.32 Å². The van der Waals surface area contributed by atoms with Gasteiger partial charge in [0.05, 0.1) is 5.69 Å². The molecule has 16 heavy (non-hydrogen) atoms. The van der Waals surface area contributed by atoms with Crippen molar-refractivity contribution in [3.05, 3.63) is 51.0 Å². The van der Waals surface area contributed by atoms with Crippen LogP contribution in [0.4, 0.5) is 11.5 Å². The van der Waals surface area contributed by atoms with E-state index in [0.29, 0.717) is 0 Å². The van der Waals surface area contributed by atoms with Crippen molar-refractivity contribution in [1.29, 1.82) is 0 Å². The average Bonchev–Trinajstić information content (AvgIpc) is 2.24. The fourth-order valence-corrected chi connectivity index (χ4v) is 2.04. The van der Waals surface area contributed by atoms with Crippen molar-refractivity contribution < 1.29 is 0 Å². The molecule has 82 valence electrons. The van der Waals surface area contributed by atoms with E-state index in [2.05, 4.69) is 42.2 Å². The Morgan fingerprint density at radius 1 is 1.12 bits per heavy atom. The maximum Gasteiger partial charge on any atom is 0.130 e. The lowest BCUT2D eigenvalue weighted by Gasteiger charge is -2.08. The third-order valence-electron chi connectivity index (χ3n) is 2.11. The number of hydrogen-bond donors (Lipinski definition) is 1. The summed E-state index contributed by atoms with van der Waals surface area (Å²) in [4.78, 5) is 4.26. The van der Waals surface area contributed by atoms with Gasteiger partial charge in [0.25, 0.3) is 0 Å². The highest BCUT2D eigenvalue weighted by atomic mass is 79.9. The first-order valence-corrected chi connectivity index (χ1v) is 6.38. The van der Waals surface area contributed by atoms with E-state index in [4.69, 9.17) is 0 Å². The molecule has 0 saturated carbocycles. The molecule has 0 aliphatic carbocycles. The predicted octanol–water partition coefficient (Wildman–Crippen LogP) is 4.66. The Morgan fingerprint density at radius 3 is 2.69 bits per heavy atom. The quantitative estimate of drug-likeness (QED) is 0.859. The lowest BCUT2D eigenvalue weighted by Crippen LogP contribution is -1.94. The molecular weight excluding hydrogens is 332 g/mol. The summed E-state index contributed by atoms with van der Waals surface area (Å²) < 4.78 is 2.05. The maximum atomic E-state index is 4.26. The molecule has 1 heterocycles.